The molecule has 0 fully saturated rings. The lowest BCUT2D eigenvalue weighted by Crippen LogP contribution is -2.45. The van der Waals surface area contributed by atoms with Crippen LogP contribution < -0.4 is 0 Å². The maximum Gasteiger partial charge on any atom is 0.309 e. The van der Waals surface area contributed by atoms with E-state index in [-0.39, 0.29) is 30.7 Å². The molecule has 6 nitrogen and oxygen atoms in total. The maximum atomic E-state index is 13.3. The van der Waals surface area contributed by atoms with Gasteiger partial charge in [-0.25, -0.2) is 5.01 Å². The summed E-state index contributed by atoms with van der Waals surface area (Å²) in [6, 6.07) is 27.9. The number of aryl methyl sites for hydroxylation is 1. The summed E-state index contributed by atoms with van der Waals surface area (Å²) < 4.78 is 0. The van der Waals surface area contributed by atoms with Crippen LogP contribution in [0.5, 0.6) is 0 Å². The van der Waals surface area contributed by atoms with Gasteiger partial charge in [0.05, 0.1) is 23.7 Å². The molecule has 3 aromatic carbocycles. The SMILES string of the molecule is O=C(O)C(CCN1N=C(c2ccccc2)C2C=CC=CC2C1=O)C(O)CCc1ccc(-c2ccccc2)cc1. The first-order valence-corrected chi connectivity index (χ1v) is 13.4. The normalized spacial score (nSPS) is 19.8. The lowest BCUT2D eigenvalue weighted by atomic mass is 9.80. The fraction of sp³-hybridized carbons (Fsp3) is 0.242. The number of hydrogen-bond donors (Lipinski definition) is 2. The summed E-state index contributed by atoms with van der Waals surface area (Å²) in [5.74, 6) is -2.77. The highest BCUT2D eigenvalue weighted by atomic mass is 16.4. The Labute approximate surface area is 228 Å². The Kier molecular flexibility index (Phi) is 8.13. The zero-order chi connectivity index (χ0) is 27.2. The van der Waals surface area contributed by atoms with Crippen molar-refractivity contribution in [3.05, 3.63) is 120 Å². The van der Waals surface area contributed by atoms with E-state index < -0.39 is 18.0 Å². The molecule has 4 unspecified atom stereocenters. The van der Waals surface area contributed by atoms with Gasteiger partial charge in [0.25, 0.3) is 5.91 Å². The Hall–Kier alpha value is -4.29. The number of aliphatic hydroxyl groups is 1. The highest BCUT2D eigenvalue weighted by Gasteiger charge is 2.38. The molecule has 0 bridgehead atoms. The van der Waals surface area contributed by atoms with Crippen LogP contribution in [0.25, 0.3) is 11.1 Å². The van der Waals surface area contributed by atoms with Gasteiger partial charge >= 0.3 is 5.97 Å². The second-order valence-electron chi connectivity index (χ2n) is 10.0. The number of carbonyl (C=O) groups excluding carboxylic acids is 1. The van der Waals surface area contributed by atoms with Crippen LogP contribution in [0, 0.1) is 17.8 Å². The molecule has 1 amide bonds. The third-order valence-corrected chi connectivity index (χ3v) is 7.51. The van der Waals surface area contributed by atoms with Gasteiger partial charge in [-0.15, -0.1) is 0 Å². The second kappa shape index (κ2) is 12.0. The summed E-state index contributed by atoms with van der Waals surface area (Å²) in [5, 5.41) is 26.8. The van der Waals surface area contributed by atoms with Crippen LogP contribution in [0.15, 0.2) is 114 Å². The molecule has 39 heavy (non-hydrogen) atoms. The van der Waals surface area contributed by atoms with E-state index in [2.05, 4.69) is 17.2 Å². The van der Waals surface area contributed by atoms with E-state index in [1.54, 1.807) is 0 Å². The number of nitrogens with zero attached hydrogens (tertiary/aromatic N) is 2. The van der Waals surface area contributed by atoms with E-state index in [1.807, 2.05) is 97.1 Å². The highest BCUT2D eigenvalue weighted by molar-refractivity contribution is 6.08. The number of aliphatic carboxylic acids is 1. The number of fused-ring (bicyclic) bond motifs is 1. The predicted octanol–water partition coefficient (Wildman–Crippen LogP) is 5.34. The Balaban J connectivity index is 1.24. The molecule has 0 radical (unpaired) electrons. The average molecular weight is 521 g/mol. The van der Waals surface area contributed by atoms with Crippen molar-refractivity contribution < 1.29 is 19.8 Å². The van der Waals surface area contributed by atoms with Crippen LogP contribution in [0.2, 0.25) is 0 Å². The predicted molar refractivity (Wildman–Crippen MR) is 152 cm³/mol. The number of hydrogen-bond acceptors (Lipinski definition) is 4. The first-order chi connectivity index (χ1) is 19.0. The zero-order valence-electron chi connectivity index (χ0n) is 21.6. The van der Waals surface area contributed by atoms with Crippen LogP contribution in [-0.4, -0.2) is 45.5 Å². The van der Waals surface area contributed by atoms with Crippen LogP contribution in [0.3, 0.4) is 0 Å². The molecule has 0 saturated heterocycles. The Bertz CT molecular complexity index is 1380. The van der Waals surface area contributed by atoms with Crippen molar-refractivity contribution >= 4 is 17.6 Å². The van der Waals surface area contributed by atoms with Gasteiger partial charge in [0.2, 0.25) is 0 Å². The molecule has 198 valence electrons. The van der Waals surface area contributed by atoms with Crippen LogP contribution in [0.4, 0.5) is 0 Å². The van der Waals surface area contributed by atoms with Gasteiger partial charge in [0.1, 0.15) is 0 Å². The quantitative estimate of drug-likeness (QED) is 0.378. The first kappa shape index (κ1) is 26.3. The van der Waals surface area contributed by atoms with E-state index in [1.165, 1.54) is 5.01 Å². The molecular formula is C33H32N2O4. The fourth-order valence-electron chi connectivity index (χ4n) is 5.29. The Morgan fingerprint density at radius 3 is 2.03 bits per heavy atom. The monoisotopic (exact) mass is 520 g/mol. The number of carboxylic acid groups (broad SMARTS) is 1. The lowest BCUT2D eigenvalue weighted by Gasteiger charge is -2.35. The summed E-state index contributed by atoms with van der Waals surface area (Å²) in [5.41, 5.74) is 4.98. The van der Waals surface area contributed by atoms with Crippen molar-refractivity contribution in [3.8, 4) is 11.1 Å². The van der Waals surface area contributed by atoms with Gasteiger partial charge in [-0.05, 0) is 41.5 Å². The smallest absolute Gasteiger partial charge is 0.309 e. The summed E-state index contributed by atoms with van der Waals surface area (Å²) >= 11 is 0. The molecular weight excluding hydrogens is 488 g/mol. The molecule has 1 aliphatic heterocycles. The van der Waals surface area contributed by atoms with E-state index >= 15 is 0 Å². The molecule has 1 aliphatic carbocycles. The number of carbonyl (C=O) groups is 2. The average Bonchev–Trinajstić information content (AvgIpc) is 2.98. The van der Waals surface area contributed by atoms with Crippen molar-refractivity contribution in [1.82, 2.24) is 5.01 Å². The summed E-state index contributed by atoms with van der Waals surface area (Å²) in [6.07, 6.45) is 7.59. The fourth-order valence-corrected chi connectivity index (χ4v) is 5.29. The molecule has 0 aromatic heterocycles. The standard InChI is InChI=1S/C33H32N2O4/c36-30(20-17-23-15-18-25(19-16-23)24-9-3-1-4-10-24)29(33(38)39)21-22-35-32(37)28-14-8-7-13-27(28)31(34-35)26-11-5-2-6-12-26/h1-16,18-19,27-30,36H,17,20-22H2,(H,38,39). The molecule has 0 spiro atoms. The van der Waals surface area contributed by atoms with Crippen LogP contribution in [-0.2, 0) is 16.0 Å². The number of benzene rings is 3. The molecule has 1 heterocycles. The number of aliphatic hydroxyl groups excluding tert-OH is 1. The number of amides is 1. The molecule has 0 saturated carbocycles. The van der Waals surface area contributed by atoms with Crippen molar-refractivity contribution in [2.75, 3.05) is 6.54 Å². The van der Waals surface area contributed by atoms with Gasteiger partial charge in [-0.3, -0.25) is 9.59 Å². The highest BCUT2D eigenvalue weighted by Crippen LogP contribution is 2.31. The van der Waals surface area contributed by atoms with Gasteiger partial charge < -0.3 is 10.2 Å². The molecule has 4 atom stereocenters. The minimum atomic E-state index is -1.07. The minimum absolute atomic E-state index is 0.109. The number of rotatable bonds is 10. The van der Waals surface area contributed by atoms with Crippen molar-refractivity contribution in [2.45, 2.75) is 25.4 Å². The van der Waals surface area contributed by atoms with Crippen LogP contribution in [0.1, 0.15) is 24.0 Å². The second-order valence-corrected chi connectivity index (χ2v) is 10.0. The maximum absolute atomic E-state index is 13.3. The number of hydrazone groups is 1. The van der Waals surface area contributed by atoms with Crippen molar-refractivity contribution in [2.24, 2.45) is 22.9 Å². The topological polar surface area (TPSA) is 90.2 Å². The molecule has 2 N–H and O–H groups in total. The summed E-state index contributed by atoms with van der Waals surface area (Å²) in [4.78, 5) is 25.4. The van der Waals surface area contributed by atoms with E-state index in [4.69, 9.17) is 0 Å². The van der Waals surface area contributed by atoms with Crippen molar-refractivity contribution in [3.63, 3.8) is 0 Å². The third-order valence-electron chi connectivity index (χ3n) is 7.51. The molecule has 6 heteroatoms. The Morgan fingerprint density at radius 1 is 0.795 bits per heavy atom. The van der Waals surface area contributed by atoms with Gasteiger partial charge in [-0.2, -0.15) is 5.10 Å². The zero-order valence-corrected chi connectivity index (χ0v) is 21.6. The van der Waals surface area contributed by atoms with Gasteiger partial charge in [-0.1, -0.05) is 109 Å². The number of allylic oxidation sites excluding steroid dienone is 3. The third kappa shape index (κ3) is 6.07. The van der Waals surface area contributed by atoms with E-state index in [9.17, 15) is 19.8 Å². The van der Waals surface area contributed by atoms with E-state index in [0.29, 0.717) is 12.8 Å². The van der Waals surface area contributed by atoms with E-state index in [0.717, 1.165) is 28.0 Å². The van der Waals surface area contributed by atoms with Gasteiger partial charge in [0.15, 0.2) is 0 Å². The summed E-state index contributed by atoms with van der Waals surface area (Å²) in [7, 11) is 0. The summed E-state index contributed by atoms with van der Waals surface area (Å²) in [6.45, 7) is 0.121. The molecule has 5 rings (SSSR count). The number of carboxylic acids is 1. The minimum Gasteiger partial charge on any atom is -0.481 e. The molecule has 3 aromatic rings. The first-order valence-electron chi connectivity index (χ1n) is 13.4. The van der Waals surface area contributed by atoms with Gasteiger partial charge in [0, 0.05) is 12.5 Å². The Morgan fingerprint density at radius 2 is 1.38 bits per heavy atom. The largest absolute Gasteiger partial charge is 0.481 e. The lowest BCUT2D eigenvalue weighted by molar-refractivity contribution is -0.147. The van der Waals surface area contributed by atoms with Crippen LogP contribution >= 0.6 is 0 Å². The molecule has 2 aliphatic rings. The van der Waals surface area contributed by atoms with Crippen molar-refractivity contribution in [1.29, 1.82) is 0 Å².